The first-order valence-electron chi connectivity index (χ1n) is 13.9. The van der Waals surface area contributed by atoms with Gasteiger partial charge in [0.2, 0.25) is 10.0 Å². The number of aryl methyl sites for hydroxylation is 2. The van der Waals surface area contributed by atoms with Gasteiger partial charge < -0.3 is 9.84 Å². The number of hydrogen-bond donors (Lipinski definition) is 1. The van der Waals surface area contributed by atoms with Crippen LogP contribution >= 0.6 is 0 Å². The number of methoxy groups -OCH3 is 1. The zero-order valence-electron chi connectivity index (χ0n) is 24.3. The van der Waals surface area contributed by atoms with Crippen LogP contribution in [0.15, 0.2) is 70.5 Å². The molecule has 0 fully saturated rings. The zero-order chi connectivity index (χ0) is 30.4. The predicted octanol–water partition coefficient (Wildman–Crippen LogP) is 3.82. The zero-order valence-corrected chi connectivity index (χ0v) is 24.1. The van der Waals surface area contributed by atoms with E-state index in [0.717, 1.165) is 22.7 Å². The molecule has 0 unspecified atom stereocenters. The summed E-state index contributed by atoms with van der Waals surface area (Å²) >= 11 is 0. The van der Waals surface area contributed by atoms with Crippen molar-refractivity contribution in [3.05, 3.63) is 93.7 Å². The summed E-state index contributed by atoms with van der Waals surface area (Å²) in [5.74, 6) is -0.199. The number of aromatic nitrogens is 3. The van der Waals surface area contributed by atoms with E-state index in [0.29, 0.717) is 40.2 Å². The van der Waals surface area contributed by atoms with Crippen LogP contribution in [-0.4, -0.2) is 58.5 Å². The summed E-state index contributed by atoms with van der Waals surface area (Å²) in [6.07, 6.45) is 4.00. The van der Waals surface area contributed by atoms with Gasteiger partial charge in [-0.05, 0) is 66.8 Å². The van der Waals surface area contributed by atoms with E-state index in [-0.39, 0.29) is 30.5 Å². The van der Waals surface area contributed by atoms with E-state index in [1.807, 2.05) is 6.92 Å². The van der Waals surface area contributed by atoms with Crippen LogP contribution in [0.25, 0.3) is 11.0 Å². The Morgan fingerprint density at radius 2 is 1.83 bits per heavy atom. The van der Waals surface area contributed by atoms with E-state index in [2.05, 4.69) is 16.9 Å². The smallest absolute Gasteiger partial charge is 0.322 e. The second-order valence-electron chi connectivity index (χ2n) is 9.92. The first-order chi connectivity index (χ1) is 20.0. The highest BCUT2D eigenvalue weighted by Gasteiger charge is 2.33. The number of aliphatic carboxylic acids is 1. The third-order valence-electron chi connectivity index (χ3n) is 6.96. The molecule has 0 aliphatic carbocycles. The Labute approximate surface area is 240 Å². The van der Waals surface area contributed by atoms with Crippen LogP contribution in [0.1, 0.15) is 43.7 Å². The summed E-state index contributed by atoms with van der Waals surface area (Å²) in [7, 11) is -3.16. The van der Waals surface area contributed by atoms with E-state index in [1.54, 1.807) is 53.2 Å². The molecule has 1 N–H and O–H groups in total. The lowest BCUT2D eigenvalue weighted by atomic mass is 10.1. The third kappa shape index (κ3) is 6.63. The van der Waals surface area contributed by atoms with Gasteiger partial charge in [0.25, 0.3) is 5.56 Å². The van der Waals surface area contributed by atoms with Crippen molar-refractivity contribution >= 4 is 27.0 Å². The van der Waals surface area contributed by atoms with Crippen molar-refractivity contribution in [1.29, 1.82) is 0 Å². The Hall–Kier alpha value is -4.09. The van der Waals surface area contributed by atoms with Crippen LogP contribution in [0.3, 0.4) is 0 Å². The fraction of sp³-hybridized carbons (Fsp3) is 0.333. The van der Waals surface area contributed by atoms with E-state index in [4.69, 9.17) is 6.11 Å². The van der Waals surface area contributed by atoms with Gasteiger partial charge in [-0.15, -0.1) is 0 Å². The molecule has 0 bridgehead atoms. The molecule has 0 aliphatic rings. The summed E-state index contributed by atoms with van der Waals surface area (Å²) in [5, 5.41) is 10.3. The number of rotatable bonds is 12. The maximum absolute atomic E-state index is 13.4. The number of likely N-dealkylation sites (N-methyl/N-ethyl adjacent to an activating group) is 1. The number of sulfonamides is 1. The molecular weight excluding hydrogens is 544 g/mol. The van der Waals surface area contributed by atoms with Gasteiger partial charge in [0, 0.05) is 19.7 Å². The van der Waals surface area contributed by atoms with Crippen molar-refractivity contribution in [3.8, 4) is 5.75 Å². The number of benzene rings is 2. The molecule has 2 aromatic heterocycles. The average Bonchev–Trinajstić information content (AvgIpc) is 2.97. The summed E-state index contributed by atoms with van der Waals surface area (Å²) in [4.78, 5) is 34.5. The fourth-order valence-corrected chi connectivity index (χ4v) is 5.85. The summed E-state index contributed by atoms with van der Waals surface area (Å²) in [6.45, 7) is 4.11. The predicted molar refractivity (Wildman–Crippen MR) is 156 cm³/mol. The lowest BCUT2D eigenvalue weighted by Gasteiger charge is -2.24. The normalized spacial score (nSPS) is 12.8. The first kappa shape index (κ1) is 28.4. The quantitative estimate of drug-likeness (QED) is 0.268. The van der Waals surface area contributed by atoms with Crippen molar-refractivity contribution in [2.45, 2.75) is 57.0 Å². The highest BCUT2D eigenvalue weighted by molar-refractivity contribution is 7.89. The molecule has 2 heterocycles. The van der Waals surface area contributed by atoms with Crippen LogP contribution in [0.2, 0.25) is 0 Å². The van der Waals surface area contributed by atoms with E-state index < -0.39 is 22.0 Å². The van der Waals surface area contributed by atoms with E-state index in [9.17, 15) is 23.1 Å². The minimum Gasteiger partial charge on any atom is -0.497 e. The van der Waals surface area contributed by atoms with Crippen LogP contribution in [0.5, 0.6) is 5.75 Å². The van der Waals surface area contributed by atoms with Gasteiger partial charge in [-0.3, -0.25) is 14.2 Å². The standard InChI is InChI=1S/C30H34N4O6S/c1-5-6-7-27-32-28-25(16-20(2)18-31-28)29(35)34(27)19-22-10-14-24(15-11-22)41(38,39)33(3)26(30(36)37)17-21-8-12-23(40-4)13-9-21/h8-16,18,26H,5-7,17,19H2,1-4H3,(H,36,37)/t26-/m0/s1/i4D. The number of nitrogens with zero attached hydrogens (tertiary/aromatic N) is 4. The molecule has 0 spiro atoms. The minimum absolute atomic E-state index is 0.0585. The van der Waals surface area contributed by atoms with Crippen LogP contribution < -0.4 is 10.3 Å². The molecule has 216 valence electrons. The number of carboxylic acid groups (broad SMARTS) is 1. The summed E-state index contributed by atoms with van der Waals surface area (Å²) in [6, 6.07) is 13.0. The molecule has 0 aliphatic heterocycles. The molecule has 41 heavy (non-hydrogen) atoms. The van der Waals surface area contributed by atoms with Crippen LogP contribution in [-0.2, 0) is 34.2 Å². The number of pyridine rings is 1. The Morgan fingerprint density at radius 3 is 2.46 bits per heavy atom. The monoisotopic (exact) mass is 579 g/mol. The SMILES string of the molecule is [2H]COc1ccc(C[C@@H](C(=O)O)N(C)S(=O)(=O)c2ccc(Cn3c(CCCC)nc4ncc(C)cc4c3=O)cc2)cc1. The Bertz CT molecular complexity index is 1720. The molecule has 4 aromatic rings. The van der Waals surface area contributed by atoms with Gasteiger partial charge in [0.1, 0.15) is 17.6 Å². The Balaban J connectivity index is 1.59. The second-order valence-corrected chi connectivity index (χ2v) is 11.9. The molecule has 0 radical (unpaired) electrons. The third-order valence-corrected chi connectivity index (χ3v) is 8.84. The van der Waals surface area contributed by atoms with Crippen molar-refractivity contribution in [2.24, 2.45) is 0 Å². The highest BCUT2D eigenvalue weighted by Crippen LogP contribution is 2.22. The Morgan fingerprint density at radius 1 is 1.15 bits per heavy atom. The molecule has 11 heteroatoms. The Kier molecular flexibility index (Phi) is 8.75. The number of unbranched alkanes of at least 4 members (excludes halogenated alkanes) is 1. The van der Waals surface area contributed by atoms with Crippen LogP contribution in [0, 0.1) is 6.92 Å². The molecule has 10 nitrogen and oxygen atoms in total. The fourth-order valence-electron chi connectivity index (χ4n) is 4.54. The van der Waals surface area contributed by atoms with Crippen molar-refractivity contribution < 1.29 is 24.4 Å². The maximum atomic E-state index is 13.4. The number of carbonyl (C=O) groups is 1. The summed E-state index contributed by atoms with van der Waals surface area (Å²) < 4.78 is 41.5. The second kappa shape index (κ2) is 12.6. The molecule has 0 saturated carbocycles. The van der Waals surface area contributed by atoms with Crippen molar-refractivity contribution in [2.75, 3.05) is 14.1 Å². The van der Waals surface area contributed by atoms with E-state index in [1.165, 1.54) is 19.2 Å². The molecule has 0 saturated heterocycles. The number of ether oxygens (including phenoxy) is 1. The summed E-state index contributed by atoms with van der Waals surface area (Å²) in [5.41, 5.74) is 2.35. The maximum Gasteiger partial charge on any atom is 0.322 e. The number of carboxylic acids is 1. The lowest BCUT2D eigenvalue weighted by molar-refractivity contribution is -0.141. The highest BCUT2D eigenvalue weighted by atomic mass is 32.2. The van der Waals surface area contributed by atoms with Crippen LogP contribution in [0.4, 0.5) is 0 Å². The minimum atomic E-state index is -4.16. The molecule has 0 amide bonds. The first-order valence-corrected chi connectivity index (χ1v) is 14.7. The lowest BCUT2D eigenvalue weighted by Crippen LogP contribution is -2.43. The van der Waals surface area contributed by atoms with Crippen molar-refractivity contribution in [3.63, 3.8) is 0 Å². The van der Waals surface area contributed by atoms with Gasteiger partial charge in [-0.2, -0.15) is 4.31 Å². The molecule has 1 atom stereocenters. The van der Waals surface area contributed by atoms with Gasteiger partial charge >= 0.3 is 5.97 Å². The van der Waals surface area contributed by atoms with Gasteiger partial charge in [-0.25, -0.2) is 18.4 Å². The largest absolute Gasteiger partial charge is 0.497 e. The number of fused-ring (bicyclic) bond motifs is 1. The van der Waals surface area contributed by atoms with Gasteiger partial charge in [0.05, 0.1) is 25.3 Å². The van der Waals surface area contributed by atoms with E-state index >= 15 is 0 Å². The van der Waals surface area contributed by atoms with Crippen molar-refractivity contribution in [1.82, 2.24) is 18.8 Å². The number of hydrogen-bond acceptors (Lipinski definition) is 7. The molecule has 2 aromatic carbocycles. The van der Waals surface area contributed by atoms with Gasteiger partial charge in [0.15, 0.2) is 5.65 Å². The van der Waals surface area contributed by atoms with Gasteiger partial charge in [-0.1, -0.05) is 37.6 Å². The topological polar surface area (TPSA) is 132 Å². The molecular formula is C30H34N4O6S. The molecule has 4 rings (SSSR count). The average molecular weight is 580 g/mol.